The van der Waals surface area contributed by atoms with Gasteiger partial charge in [-0.05, 0) is 32.4 Å². The fourth-order valence-corrected chi connectivity index (χ4v) is 2.01. The summed E-state index contributed by atoms with van der Waals surface area (Å²) in [5.74, 6) is 0.645. The summed E-state index contributed by atoms with van der Waals surface area (Å²) >= 11 is 0. The number of nitrogens with two attached hydrogens (primary N) is 1. The quantitative estimate of drug-likeness (QED) is 0.505. The molecule has 0 radical (unpaired) electrons. The summed E-state index contributed by atoms with van der Waals surface area (Å²) in [6.45, 7) is 5.39. The van der Waals surface area contributed by atoms with Crippen molar-refractivity contribution in [1.82, 2.24) is 10.2 Å². The van der Waals surface area contributed by atoms with Crippen molar-refractivity contribution in [2.45, 2.75) is 25.8 Å². The molecule has 0 heterocycles. The van der Waals surface area contributed by atoms with E-state index in [0.717, 1.165) is 32.6 Å². The van der Waals surface area contributed by atoms with Crippen LogP contribution in [-0.2, 0) is 0 Å². The van der Waals surface area contributed by atoms with Crippen LogP contribution in [0.5, 0.6) is 0 Å². The van der Waals surface area contributed by atoms with Gasteiger partial charge in [0, 0.05) is 19.3 Å². The number of hydrogen-bond acceptors (Lipinski definition) is 3. The summed E-state index contributed by atoms with van der Waals surface area (Å²) in [6, 6.07) is 0.373. The Bertz CT molecular complexity index is 179. The van der Waals surface area contributed by atoms with E-state index in [4.69, 9.17) is 5.73 Å². The van der Waals surface area contributed by atoms with E-state index in [9.17, 15) is 0 Å². The van der Waals surface area contributed by atoms with Gasteiger partial charge < -0.3 is 11.1 Å². The lowest BCUT2D eigenvalue weighted by molar-refractivity contribution is 0.235. The summed E-state index contributed by atoms with van der Waals surface area (Å²) in [5.41, 5.74) is 5.93. The van der Waals surface area contributed by atoms with E-state index in [0.29, 0.717) is 12.0 Å². The molecule has 0 fully saturated rings. The van der Waals surface area contributed by atoms with Crippen LogP contribution in [0.15, 0.2) is 12.2 Å². The van der Waals surface area contributed by atoms with Crippen LogP contribution >= 0.6 is 0 Å². The summed E-state index contributed by atoms with van der Waals surface area (Å²) in [4.78, 5) is 2.41. The second-order valence-electron chi connectivity index (χ2n) is 4.10. The van der Waals surface area contributed by atoms with Crippen LogP contribution in [-0.4, -0.2) is 37.7 Å². The van der Waals surface area contributed by atoms with Crippen LogP contribution in [0, 0.1) is 5.92 Å². The molecule has 1 rings (SSSR count). The van der Waals surface area contributed by atoms with Crippen LogP contribution in [0.2, 0.25) is 0 Å². The number of rotatable bonds is 5. The van der Waals surface area contributed by atoms with Gasteiger partial charge in [0.2, 0.25) is 0 Å². The average molecular weight is 197 g/mol. The first-order valence-corrected chi connectivity index (χ1v) is 5.55. The lowest BCUT2D eigenvalue weighted by Crippen LogP contribution is -2.38. The molecule has 82 valence electrons. The summed E-state index contributed by atoms with van der Waals surface area (Å²) in [7, 11) is 1.99. The van der Waals surface area contributed by atoms with Crippen LogP contribution in [0.1, 0.15) is 19.8 Å². The molecule has 0 spiro atoms. The van der Waals surface area contributed by atoms with Crippen molar-refractivity contribution in [3.63, 3.8) is 0 Å². The molecule has 14 heavy (non-hydrogen) atoms. The van der Waals surface area contributed by atoms with Gasteiger partial charge in [-0.3, -0.25) is 4.90 Å². The Morgan fingerprint density at radius 2 is 2.36 bits per heavy atom. The van der Waals surface area contributed by atoms with Crippen molar-refractivity contribution < 1.29 is 0 Å². The normalized spacial score (nSPS) is 27.1. The van der Waals surface area contributed by atoms with E-state index >= 15 is 0 Å². The highest BCUT2D eigenvalue weighted by Gasteiger charge is 2.16. The zero-order valence-corrected chi connectivity index (χ0v) is 9.37. The van der Waals surface area contributed by atoms with E-state index in [1.54, 1.807) is 0 Å². The molecule has 0 saturated heterocycles. The molecule has 0 amide bonds. The van der Waals surface area contributed by atoms with Crippen molar-refractivity contribution >= 4 is 0 Å². The minimum absolute atomic E-state index is 0.373. The molecule has 3 N–H and O–H groups in total. The van der Waals surface area contributed by atoms with Crippen LogP contribution in [0.3, 0.4) is 0 Å². The van der Waals surface area contributed by atoms with Crippen LogP contribution in [0.4, 0.5) is 0 Å². The lowest BCUT2D eigenvalue weighted by atomic mass is 9.92. The highest BCUT2D eigenvalue weighted by molar-refractivity contribution is 4.98. The van der Waals surface area contributed by atoms with Gasteiger partial charge in [0.1, 0.15) is 0 Å². The third-order valence-electron chi connectivity index (χ3n) is 2.77. The Morgan fingerprint density at radius 3 is 2.93 bits per heavy atom. The maximum Gasteiger partial charge on any atom is 0.0478 e. The molecule has 0 bridgehead atoms. The van der Waals surface area contributed by atoms with E-state index < -0.39 is 0 Å². The number of nitrogens with one attached hydrogen (secondary N) is 1. The van der Waals surface area contributed by atoms with Gasteiger partial charge in [-0.25, -0.2) is 0 Å². The molecule has 3 nitrogen and oxygen atoms in total. The van der Waals surface area contributed by atoms with E-state index in [1.165, 1.54) is 0 Å². The zero-order chi connectivity index (χ0) is 10.4. The predicted molar refractivity (Wildman–Crippen MR) is 61.0 cm³/mol. The van der Waals surface area contributed by atoms with Gasteiger partial charge >= 0.3 is 0 Å². The largest absolute Gasteiger partial charge is 0.327 e. The van der Waals surface area contributed by atoms with Crippen molar-refractivity contribution in [3.8, 4) is 0 Å². The monoisotopic (exact) mass is 197 g/mol. The van der Waals surface area contributed by atoms with Gasteiger partial charge in [0.15, 0.2) is 0 Å². The molecular weight excluding hydrogens is 174 g/mol. The van der Waals surface area contributed by atoms with E-state index in [2.05, 4.69) is 29.3 Å². The maximum absolute atomic E-state index is 5.93. The number of nitrogens with zero attached hydrogens (tertiary/aromatic N) is 1. The topological polar surface area (TPSA) is 41.3 Å². The molecule has 0 saturated carbocycles. The molecule has 0 aromatic carbocycles. The Kier molecular flexibility index (Phi) is 5.15. The molecule has 2 atom stereocenters. The molecule has 0 aromatic heterocycles. The summed E-state index contributed by atoms with van der Waals surface area (Å²) in [6.07, 6.45) is 6.74. The summed E-state index contributed by atoms with van der Waals surface area (Å²) < 4.78 is 0. The fraction of sp³-hybridized carbons (Fsp3) is 0.818. The fourth-order valence-electron chi connectivity index (χ4n) is 2.01. The Morgan fingerprint density at radius 1 is 1.57 bits per heavy atom. The molecule has 1 aliphatic carbocycles. The van der Waals surface area contributed by atoms with Crippen LogP contribution in [0.25, 0.3) is 0 Å². The SMILES string of the molecule is CCN(CNC)CC1C=CCC(N)C1. The van der Waals surface area contributed by atoms with Crippen molar-refractivity contribution in [1.29, 1.82) is 0 Å². The Labute approximate surface area is 87.3 Å². The molecule has 3 heteroatoms. The first-order chi connectivity index (χ1) is 6.76. The van der Waals surface area contributed by atoms with Crippen molar-refractivity contribution in [2.24, 2.45) is 11.7 Å². The zero-order valence-electron chi connectivity index (χ0n) is 9.37. The average Bonchev–Trinajstić information content (AvgIpc) is 2.17. The van der Waals surface area contributed by atoms with Gasteiger partial charge in [0.25, 0.3) is 0 Å². The highest BCUT2D eigenvalue weighted by Crippen LogP contribution is 2.17. The Hall–Kier alpha value is -0.380. The first-order valence-electron chi connectivity index (χ1n) is 5.55. The van der Waals surface area contributed by atoms with E-state index in [-0.39, 0.29) is 0 Å². The minimum atomic E-state index is 0.373. The first kappa shape index (κ1) is 11.7. The van der Waals surface area contributed by atoms with E-state index in [1.807, 2.05) is 7.05 Å². The van der Waals surface area contributed by atoms with Crippen molar-refractivity contribution in [2.75, 3.05) is 26.8 Å². The van der Waals surface area contributed by atoms with Gasteiger partial charge in [0.05, 0.1) is 0 Å². The van der Waals surface area contributed by atoms with Gasteiger partial charge in [-0.15, -0.1) is 0 Å². The lowest BCUT2D eigenvalue weighted by Gasteiger charge is -2.28. The smallest absolute Gasteiger partial charge is 0.0478 e. The minimum Gasteiger partial charge on any atom is -0.327 e. The standard InChI is InChI=1S/C11H23N3/c1-3-14(9-13-2)8-10-5-4-6-11(12)7-10/h4-5,10-11,13H,3,6-9,12H2,1-2H3. The van der Waals surface area contributed by atoms with Gasteiger partial charge in [-0.1, -0.05) is 19.1 Å². The van der Waals surface area contributed by atoms with Gasteiger partial charge in [-0.2, -0.15) is 0 Å². The molecule has 2 unspecified atom stereocenters. The molecule has 1 aliphatic rings. The third kappa shape index (κ3) is 3.78. The Balaban J connectivity index is 2.34. The molecular formula is C11H23N3. The van der Waals surface area contributed by atoms with Crippen molar-refractivity contribution in [3.05, 3.63) is 12.2 Å². The highest BCUT2D eigenvalue weighted by atomic mass is 15.2. The van der Waals surface area contributed by atoms with Crippen LogP contribution < -0.4 is 11.1 Å². The molecule has 0 aromatic rings. The number of hydrogen-bond donors (Lipinski definition) is 2. The molecule has 0 aliphatic heterocycles. The second kappa shape index (κ2) is 6.17. The predicted octanol–water partition coefficient (Wildman–Crippen LogP) is 0.779. The second-order valence-corrected chi connectivity index (χ2v) is 4.10. The maximum atomic E-state index is 5.93. The third-order valence-corrected chi connectivity index (χ3v) is 2.77. The summed E-state index contributed by atoms with van der Waals surface area (Å²) in [5, 5.41) is 3.19.